The summed E-state index contributed by atoms with van der Waals surface area (Å²) in [5.41, 5.74) is 5.23. The summed E-state index contributed by atoms with van der Waals surface area (Å²) >= 11 is 0. The Hall–Kier alpha value is -2.77. The average Bonchev–Trinajstić information content (AvgIpc) is 2.93. The largest absolute Gasteiger partial charge is 0.416 e. The van der Waals surface area contributed by atoms with Crippen molar-refractivity contribution in [2.75, 3.05) is 13.2 Å². The highest BCUT2D eigenvalue weighted by Crippen LogP contribution is 2.33. The molecular formula is C35H44O2Si2. The first-order valence-corrected chi connectivity index (χ1v) is 20.4. The van der Waals surface area contributed by atoms with E-state index >= 15 is 0 Å². The average molecular weight is 553 g/mol. The first-order chi connectivity index (χ1) is 18.7. The molecule has 0 aliphatic carbocycles. The minimum absolute atomic E-state index is 0.162. The number of hydrogen-bond acceptors (Lipinski definition) is 2. The van der Waals surface area contributed by atoms with E-state index < -0.39 is 16.6 Å². The summed E-state index contributed by atoms with van der Waals surface area (Å²) in [6.45, 7) is 10.8. The Morgan fingerprint density at radius 2 is 0.718 bits per heavy atom. The van der Waals surface area contributed by atoms with Crippen LogP contribution >= 0.6 is 0 Å². The molecule has 0 spiro atoms. The summed E-state index contributed by atoms with van der Waals surface area (Å²) in [5.74, 6) is 0. The zero-order chi connectivity index (χ0) is 27.6. The number of rotatable bonds is 14. The van der Waals surface area contributed by atoms with Crippen LogP contribution in [-0.2, 0) is 33.8 Å². The van der Waals surface area contributed by atoms with Crippen molar-refractivity contribution >= 4 is 16.6 Å². The van der Waals surface area contributed by atoms with Crippen molar-refractivity contribution < 1.29 is 8.85 Å². The molecule has 0 bridgehead atoms. The predicted molar refractivity (Wildman–Crippen MR) is 170 cm³/mol. The van der Waals surface area contributed by atoms with Gasteiger partial charge < -0.3 is 8.85 Å². The molecule has 39 heavy (non-hydrogen) atoms. The lowest BCUT2D eigenvalue weighted by molar-refractivity contribution is 0.0693. The maximum atomic E-state index is 7.00. The fraction of sp³-hybridized carbons (Fsp3) is 0.314. The summed E-state index contributed by atoms with van der Waals surface area (Å²) in [4.78, 5) is 0. The van der Waals surface area contributed by atoms with Crippen molar-refractivity contribution in [1.82, 2.24) is 0 Å². The van der Waals surface area contributed by atoms with Gasteiger partial charge in [0.05, 0.1) is 0 Å². The van der Waals surface area contributed by atoms with E-state index in [0.717, 1.165) is 24.9 Å². The molecule has 0 fully saturated rings. The van der Waals surface area contributed by atoms with Gasteiger partial charge in [0.2, 0.25) is 0 Å². The minimum Gasteiger partial charge on any atom is -0.416 e. The van der Waals surface area contributed by atoms with Crippen LogP contribution in [0.1, 0.15) is 22.3 Å². The second-order valence-electron chi connectivity index (χ2n) is 12.2. The van der Waals surface area contributed by atoms with Crippen molar-refractivity contribution in [2.24, 2.45) is 5.41 Å². The second-order valence-corrected chi connectivity index (χ2v) is 20.6. The first-order valence-electron chi connectivity index (χ1n) is 14.2. The van der Waals surface area contributed by atoms with E-state index in [9.17, 15) is 0 Å². The van der Waals surface area contributed by atoms with E-state index in [1.54, 1.807) is 0 Å². The monoisotopic (exact) mass is 552 g/mol. The smallest absolute Gasteiger partial charge is 0.191 e. The van der Waals surface area contributed by atoms with Gasteiger partial charge in [-0.2, -0.15) is 0 Å². The van der Waals surface area contributed by atoms with Crippen LogP contribution < -0.4 is 0 Å². The van der Waals surface area contributed by atoms with E-state index in [2.05, 4.69) is 148 Å². The molecule has 4 rings (SSSR count). The van der Waals surface area contributed by atoms with Crippen LogP contribution in [0.4, 0.5) is 0 Å². The van der Waals surface area contributed by atoms with Crippen LogP contribution in [0.15, 0.2) is 121 Å². The van der Waals surface area contributed by atoms with E-state index in [-0.39, 0.29) is 5.41 Å². The Balaban J connectivity index is 1.60. The fourth-order valence-electron chi connectivity index (χ4n) is 5.34. The second kappa shape index (κ2) is 13.5. The zero-order valence-electron chi connectivity index (χ0n) is 24.1. The zero-order valence-corrected chi connectivity index (χ0v) is 26.1. The van der Waals surface area contributed by atoms with Gasteiger partial charge in [-0.1, -0.05) is 121 Å². The fourth-order valence-corrected chi connectivity index (χ4v) is 9.38. The SMILES string of the molecule is C[Si](C)(Cc1ccccc1)OCC(CO[Si](C)(C)Cc1ccccc1)(Cc1ccccc1)Cc1ccccc1. The molecule has 0 saturated carbocycles. The van der Waals surface area contributed by atoms with Gasteiger partial charge in [-0.15, -0.1) is 0 Å². The Labute approximate surface area is 238 Å². The molecule has 0 unspecified atom stereocenters. The van der Waals surface area contributed by atoms with Crippen LogP contribution in [-0.4, -0.2) is 29.8 Å². The molecule has 2 nitrogen and oxygen atoms in total. The van der Waals surface area contributed by atoms with Crippen LogP contribution in [0.3, 0.4) is 0 Å². The van der Waals surface area contributed by atoms with E-state index in [1.165, 1.54) is 22.3 Å². The Morgan fingerprint density at radius 3 is 1.03 bits per heavy atom. The Morgan fingerprint density at radius 1 is 0.436 bits per heavy atom. The van der Waals surface area contributed by atoms with Crippen molar-refractivity contribution in [2.45, 2.75) is 51.1 Å². The molecule has 0 heterocycles. The molecule has 4 heteroatoms. The van der Waals surface area contributed by atoms with Crippen molar-refractivity contribution in [3.8, 4) is 0 Å². The van der Waals surface area contributed by atoms with Crippen molar-refractivity contribution in [3.05, 3.63) is 144 Å². The lowest BCUT2D eigenvalue weighted by atomic mass is 9.78. The van der Waals surface area contributed by atoms with Crippen LogP contribution in [0.5, 0.6) is 0 Å². The van der Waals surface area contributed by atoms with Crippen LogP contribution in [0.25, 0.3) is 0 Å². The third kappa shape index (κ3) is 9.73. The van der Waals surface area contributed by atoms with Crippen molar-refractivity contribution in [3.63, 3.8) is 0 Å². The van der Waals surface area contributed by atoms with Gasteiger partial charge >= 0.3 is 0 Å². The van der Waals surface area contributed by atoms with E-state index in [4.69, 9.17) is 8.85 Å². The van der Waals surface area contributed by atoms with Gasteiger partial charge in [0.25, 0.3) is 0 Å². The van der Waals surface area contributed by atoms with Gasteiger partial charge in [-0.25, -0.2) is 0 Å². The molecule has 4 aromatic rings. The molecule has 0 aromatic heterocycles. The summed E-state index contributed by atoms with van der Waals surface area (Å²) in [6, 6.07) is 45.4. The molecule has 0 atom stereocenters. The maximum Gasteiger partial charge on any atom is 0.191 e. The van der Waals surface area contributed by atoms with Gasteiger partial charge in [0, 0.05) is 18.6 Å². The molecule has 0 N–H and O–H groups in total. The van der Waals surface area contributed by atoms with Crippen LogP contribution in [0, 0.1) is 5.41 Å². The molecule has 0 saturated heterocycles. The minimum atomic E-state index is -1.97. The lowest BCUT2D eigenvalue weighted by Gasteiger charge is -2.39. The highest BCUT2D eigenvalue weighted by Gasteiger charge is 2.37. The van der Waals surface area contributed by atoms with Gasteiger partial charge in [0.15, 0.2) is 16.6 Å². The highest BCUT2D eigenvalue weighted by molar-refractivity contribution is 6.71. The Bertz CT molecular complexity index is 1140. The topological polar surface area (TPSA) is 18.5 Å². The highest BCUT2D eigenvalue weighted by atomic mass is 28.4. The molecule has 204 valence electrons. The first kappa shape index (κ1) is 29.2. The molecular weight excluding hydrogens is 509 g/mol. The summed E-state index contributed by atoms with van der Waals surface area (Å²) in [6.07, 6.45) is 1.85. The third-order valence-electron chi connectivity index (χ3n) is 7.33. The molecule has 4 aromatic carbocycles. The standard InChI is InChI=1S/C35H44O2Si2/c1-38(2,27-33-21-13-7-14-22-33)36-29-35(25-31-17-9-5-10-18-31,26-32-19-11-6-12-20-32)30-37-39(3,4)28-34-23-15-8-16-24-34/h5-24H,25-30H2,1-4H3. The van der Waals surface area contributed by atoms with Crippen molar-refractivity contribution in [1.29, 1.82) is 0 Å². The van der Waals surface area contributed by atoms with Gasteiger partial charge in [-0.3, -0.25) is 0 Å². The summed E-state index contributed by atoms with van der Waals surface area (Å²) in [5, 5.41) is 0. The normalized spacial score (nSPS) is 12.4. The molecule has 0 aliphatic heterocycles. The lowest BCUT2D eigenvalue weighted by Crippen LogP contribution is -2.46. The number of hydrogen-bond donors (Lipinski definition) is 0. The number of benzene rings is 4. The van der Waals surface area contributed by atoms with E-state index in [0.29, 0.717) is 13.2 Å². The predicted octanol–water partition coefficient (Wildman–Crippen LogP) is 8.47. The van der Waals surface area contributed by atoms with Crippen LogP contribution in [0.2, 0.25) is 26.2 Å². The molecule has 0 radical (unpaired) electrons. The summed E-state index contributed by atoms with van der Waals surface area (Å²) < 4.78 is 14.0. The van der Waals surface area contributed by atoms with Gasteiger partial charge in [0.1, 0.15) is 0 Å². The quantitative estimate of drug-likeness (QED) is 0.146. The molecule has 0 amide bonds. The molecule has 0 aliphatic rings. The van der Waals surface area contributed by atoms with E-state index in [1.807, 2.05) is 0 Å². The Kier molecular flexibility index (Phi) is 10.1. The third-order valence-corrected chi connectivity index (χ3v) is 11.7. The van der Waals surface area contributed by atoms with Gasteiger partial charge in [-0.05, 0) is 73.4 Å². The summed E-state index contributed by atoms with van der Waals surface area (Å²) in [7, 11) is -3.94. The maximum absolute atomic E-state index is 7.00.